The van der Waals surface area contributed by atoms with Gasteiger partial charge >= 0.3 is 0 Å². The number of rotatable bonds is 4. The number of hydrogen-bond acceptors (Lipinski definition) is 3. The van der Waals surface area contributed by atoms with Gasteiger partial charge in [-0.1, -0.05) is 23.2 Å². The van der Waals surface area contributed by atoms with Crippen LogP contribution in [0.25, 0.3) is 0 Å². The molecule has 1 atom stereocenters. The highest BCUT2D eigenvalue weighted by Gasteiger charge is 2.15. The molecule has 0 saturated heterocycles. The highest BCUT2D eigenvalue weighted by molar-refractivity contribution is 6.36. The maximum Gasteiger partial charge on any atom is 0.243 e. The Morgan fingerprint density at radius 3 is 2.71 bits per heavy atom. The third-order valence-electron chi connectivity index (χ3n) is 2.19. The van der Waals surface area contributed by atoms with Gasteiger partial charge in [-0.3, -0.25) is 4.79 Å². The molecule has 0 aliphatic rings. The van der Waals surface area contributed by atoms with Crippen molar-refractivity contribution >= 4 is 34.8 Å². The molecule has 1 unspecified atom stereocenters. The summed E-state index contributed by atoms with van der Waals surface area (Å²) in [4.78, 5) is 11.6. The number of amides is 1. The molecular formula is C11H14Cl2N2O2. The molecule has 1 amide bonds. The number of carbonyl (C=O) groups is 1. The number of nitrogens with two attached hydrogens (primary N) is 1. The van der Waals surface area contributed by atoms with Crippen molar-refractivity contribution in [1.29, 1.82) is 0 Å². The van der Waals surface area contributed by atoms with Crippen molar-refractivity contribution in [3.63, 3.8) is 0 Å². The number of benzene rings is 1. The first kappa shape index (κ1) is 14.3. The quantitative estimate of drug-likeness (QED) is 0.886. The van der Waals surface area contributed by atoms with Crippen molar-refractivity contribution in [2.75, 3.05) is 19.0 Å². The van der Waals surface area contributed by atoms with Gasteiger partial charge < -0.3 is 15.8 Å². The minimum absolute atomic E-state index is 0.142. The van der Waals surface area contributed by atoms with E-state index in [4.69, 9.17) is 33.7 Å². The molecule has 0 spiro atoms. The van der Waals surface area contributed by atoms with E-state index in [1.54, 1.807) is 12.1 Å². The van der Waals surface area contributed by atoms with E-state index in [9.17, 15) is 4.79 Å². The van der Waals surface area contributed by atoms with Crippen LogP contribution in [0, 0.1) is 6.92 Å². The summed E-state index contributed by atoms with van der Waals surface area (Å²) in [6, 6.07) is 2.54. The fraction of sp³-hybridized carbons (Fsp3) is 0.364. The summed E-state index contributed by atoms with van der Waals surface area (Å²) >= 11 is 11.9. The van der Waals surface area contributed by atoms with Crippen molar-refractivity contribution in [2.24, 2.45) is 5.73 Å². The van der Waals surface area contributed by atoms with Gasteiger partial charge in [0.25, 0.3) is 0 Å². The van der Waals surface area contributed by atoms with E-state index in [1.807, 2.05) is 6.92 Å². The van der Waals surface area contributed by atoms with Crippen molar-refractivity contribution in [1.82, 2.24) is 0 Å². The van der Waals surface area contributed by atoms with Gasteiger partial charge in [0, 0.05) is 12.1 Å². The van der Waals surface area contributed by atoms with Crippen LogP contribution in [0.2, 0.25) is 10.0 Å². The molecule has 94 valence electrons. The lowest BCUT2D eigenvalue weighted by Crippen LogP contribution is -2.39. The molecule has 0 aliphatic carbocycles. The predicted octanol–water partition coefficient (Wildman–Crippen LogP) is 2.21. The molecule has 0 radical (unpaired) electrons. The smallest absolute Gasteiger partial charge is 0.243 e. The minimum atomic E-state index is -0.740. The summed E-state index contributed by atoms with van der Waals surface area (Å²) in [6.45, 7) is 1.97. The van der Waals surface area contributed by atoms with Crippen LogP contribution in [-0.2, 0) is 9.53 Å². The normalized spacial score (nSPS) is 12.3. The molecule has 0 aliphatic heterocycles. The molecule has 0 saturated carbocycles. The highest BCUT2D eigenvalue weighted by atomic mass is 35.5. The van der Waals surface area contributed by atoms with Crippen molar-refractivity contribution < 1.29 is 9.53 Å². The average Bonchev–Trinajstić information content (AvgIpc) is 2.26. The summed E-state index contributed by atoms with van der Waals surface area (Å²) in [5, 5.41) is 3.56. The van der Waals surface area contributed by atoms with Gasteiger partial charge in [0.2, 0.25) is 5.91 Å². The largest absolute Gasteiger partial charge is 0.383 e. The van der Waals surface area contributed by atoms with E-state index in [0.29, 0.717) is 15.7 Å². The van der Waals surface area contributed by atoms with E-state index in [0.717, 1.165) is 5.56 Å². The Hall–Kier alpha value is -0.810. The summed E-state index contributed by atoms with van der Waals surface area (Å²) in [7, 11) is 1.48. The summed E-state index contributed by atoms with van der Waals surface area (Å²) < 4.78 is 4.79. The Labute approximate surface area is 110 Å². The second-order valence-corrected chi connectivity index (χ2v) is 4.45. The van der Waals surface area contributed by atoms with Crippen LogP contribution in [0.1, 0.15) is 5.56 Å². The number of methoxy groups -OCH3 is 1. The van der Waals surface area contributed by atoms with Crippen LogP contribution in [0.4, 0.5) is 5.69 Å². The molecule has 0 fully saturated rings. The van der Waals surface area contributed by atoms with Crippen LogP contribution >= 0.6 is 23.2 Å². The topological polar surface area (TPSA) is 64.3 Å². The standard InChI is InChI=1S/C11H14Cl2N2O2/c1-6-3-8(13)10(4-7(6)12)15-11(16)9(14)5-17-2/h3-4,9H,5,14H2,1-2H3,(H,15,16). The summed E-state index contributed by atoms with van der Waals surface area (Å²) in [6.07, 6.45) is 0. The third kappa shape index (κ3) is 3.85. The molecule has 17 heavy (non-hydrogen) atoms. The lowest BCUT2D eigenvalue weighted by atomic mass is 10.2. The first-order valence-electron chi connectivity index (χ1n) is 4.96. The lowest BCUT2D eigenvalue weighted by molar-refractivity contribution is -0.118. The molecule has 4 nitrogen and oxygen atoms in total. The number of carbonyl (C=O) groups excluding carboxylic acids is 1. The molecular weight excluding hydrogens is 263 g/mol. The number of hydrogen-bond donors (Lipinski definition) is 2. The molecule has 1 aromatic carbocycles. The number of anilines is 1. The molecule has 1 aromatic rings. The number of nitrogens with one attached hydrogen (secondary N) is 1. The first-order valence-corrected chi connectivity index (χ1v) is 5.72. The zero-order valence-corrected chi connectivity index (χ0v) is 11.1. The predicted molar refractivity (Wildman–Crippen MR) is 69.7 cm³/mol. The Morgan fingerprint density at radius 1 is 1.47 bits per heavy atom. The third-order valence-corrected chi connectivity index (χ3v) is 2.91. The van der Waals surface area contributed by atoms with Crippen LogP contribution < -0.4 is 11.1 Å². The Balaban J connectivity index is 2.81. The average molecular weight is 277 g/mol. The van der Waals surface area contributed by atoms with Crippen LogP contribution in [0.3, 0.4) is 0 Å². The van der Waals surface area contributed by atoms with Gasteiger partial charge in [-0.05, 0) is 24.6 Å². The first-order chi connectivity index (χ1) is 7.95. The maximum absolute atomic E-state index is 11.6. The van der Waals surface area contributed by atoms with Gasteiger partial charge in [-0.15, -0.1) is 0 Å². The van der Waals surface area contributed by atoms with Gasteiger partial charge in [0.1, 0.15) is 6.04 Å². The zero-order chi connectivity index (χ0) is 13.0. The fourth-order valence-electron chi connectivity index (χ4n) is 1.22. The Morgan fingerprint density at radius 2 is 2.12 bits per heavy atom. The second-order valence-electron chi connectivity index (χ2n) is 3.63. The molecule has 0 heterocycles. The highest BCUT2D eigenvalue weighted by Crippen LogP contribution is 2.28. The van der Waals surface area contributed by atoms with E-state index in [1.165, 1.54) is 7.11 Å². The van der Waals surface area contributed by atoms with E-state index >= 15 is 0 Å². The zero-order valence-electron chi connectivity index (χ0n) is 9.59. The van der Waals surface area contributed by atoms with Crippen LogP contribution in [0.5, 0.6) is 0 Å². The Kier molecular flexibility index (Phi) is 5.21. The minimum Gasteiger partial charge on any atom is -0.383 e. The Bertz CT molecular complexity index is 424. The van der Waals surface area contributed by atoms with E-state index in [2.05, 4.69) is 5.32 Å². The number of halogens is 2. The van der Waals surface area contributed by atoms with E-state index < -0.39 is 6.04 Å². The van der Waals surface area contributed by atoms with Crippen molar-refractivity contribution in [3.05, 3.63) is 27.7 Å². The number of ether oxygens (including phenoxy) is 1. The van der Waals surface area contributed by atoms with Gasteiger partial charge in [-0.25, -0.2) is 0 Å². The molecule has 0 aromatic heterocycles. The fourth-order valence-corrected chi connectivity index (χ4v) is 1.65. The second kappa shape index (κ2) is 6.21. The van der Waals surface area contributed by atoms with Gasteiger partial charge in [0.15, 0.2) is 0 Å². The van der Waals surface area contributed by atoms with E-state index in [-0.39, 0.29) is 12.5 Å². The van der Waals surface area contributed by atoms with Gasteiger partial charge in [-0.2, -0.15) is 0 Å². The summed E-state index contributed by atoms with van der Waals surface area (Å²) in [5.41, 5.74) is 6.87. The summed E-state index contributed by atoms with van der Waals surface area (Å²) in [5.74, 6) is -0.367. The monoisotopic (exact) mass is 276 g/mol. The van der Waals surface area contributed by atoms with Crippen molar-refractivity contribution in [2.45, 2.75) is 13.0 Å². The SMILES string of the molecule is COCC(N)C(=O)Nc1cc(Cl)c(C)cc1Cl. The molecule has 1 rings (SSSR count). The van der Waals surface area contributed by atoms with Crippen LogP contribution in [0.15, 0.2) is 12.1 Å². The van der Waals surface area contributed by atoms with Crippen LogP contribution in [-0.4, -0.2) is 25.7 Å². The molecule has 0 bridgehead atoms. The molecule has 3 N–H and O–H groups in total. The maximum atomic E-state index is 11.6. The van der Waals surface area contributed by atoms with Crippen molar-refractivity contribution in [3.8, 4) is 0 Å². The van der Waals surface area contributed by atoms with Gasteiger partial charge in [0.05, 0.1) is 17.3 Å². The molecule has 6 heteroatoms. The lowest BCUT2D eigenvalue weighted by Gasteiger charge is -2.13. The number of aryl methyl sites for hydroxylation is 1.